The van der Waals surface area contributed by atoms with Crippen molar-refractivity contribution < 1.29 is 8.42 Å². The molecular formula is C12H15ClN4O2S2. The molecule has 21 heavy (non-hydrogen) atoms. The van der Waals surface area contributed by atoms with E-state index in [1.165, 1.54) is 23.5 Å². The Bertz CT molecular complexity index is 743. The van der Waals surface area contributed by atoms with Crippen LogP contribution in [0.1, 0.15) is 4.88 Å². The number of rotatable bonds is 5. The first-order valence-corrected chi connectivity index (χ1v) is 8.69. The van der Waals surface area contributed by atoms with Crippen molar-refractivity contribution >= 4 is 44.3 Å². The molecule has 0 amide bonds. The summed E-state index contributed by atoms with van der Waals surface area (Å²) in [5.74, 6) is 0. The molecule has 1 aromatic carbocycles. The molecular weight excluding hydrogens is 332 g/mol. The summed E-state index contributed by atoms with van der Waals surface area (Å²) in [6.45, 7) is 0.499. The summed E-state index contributed by atoms with van der Waals surface area (Å²) in [6, 6.07) is 4.72. The van der Waals surface area contributed by atoms with Crippen LogP contribution < -0.4 is 15.4 Å². The quantitative estimate of drug-likeness (QED) is 0.865. The SMILES string of the molecule is CN(C)c1ccc(S(N)(=O)=O)cc1NCc1cnc(Cl)s1. The van der Waals surface area contributed by atoms with Gasteiger partial charge < -0.3 is 10.2 Å². The average molecular weight is 347 g/mol. The second-order valence-corrected chi connectivity index (χ2v) is 7.81. The highest BCUT2D eigenvalue weighted by Crippen LogP contribution is 2.28. The smallest absolute Gasteiger partial charge is 0.238 e. The van der Waals surface area contributed by atoms with Crippen molar-refractivity contribution in [3.63, 3.8) is 0 Å². The fourth-order valence-electron chi connectivity index (χ4n) is 1.77. The number of hydrogen-bond acceptors (Lipinski definition) is 6. The van der Waals surface area contributed by atoms with E-state index in [9.17, 15) is 8.42 Å². The van der Waals surface area contributed by atoms with Gasteiger partial charge >= 0.3 is 0 Å². The summed E-state index contributed by atoms with van der Waals surface area (Å²) in [5.41, 5.74) is 1.54. The number of nitrogens with zero attached hydrogens (tertiary/aromatic N) is 2. The third kappa shape index (κ3) is 4.07. The summed E-state index contributed by atoms with van der Waals surface area (Å²) >= 11 is 7.15. The number of nitrogens with two attached hydrogens (primary N) is 1. The zero-order valence-corrected chi connectivity index (χ0v) is 13.9. The van der Waals surface area contributed by atoms with Crippen LogP contribution in [0.25, 0.3) is 0 Å². The van der Waals surface area contributed by atoms with Gasteiger partial charge in [0.05, 0.1) is 22.8 Å². The van der Waals surface area contributed by atoms with Crippen molar-refractivity contribution in [3.05, 3.63) is 33.7 Å². The minimum absolute atomic E-state index is 0.0675. The van der Waals surface area contributed by atoms with Gasteiger partial charge in [0.15, 0.2) is 4.47 Å². The lowest BCUT2D eigenvalue weighted by atomic mass is 10.2. The molecule has 114 valence electrons. The van der Waals surface area contributed by atoms with Gasteiger partial charge in [0.25, 0.3) is 0 Å². The number of hydrogen-bond donors (Lipinski definition) is 2. The van der Waals surface area contributed by atoms with Crippen LogP contribution in [-0.4, -0.2) is 27.5 Å². The van der Waals surface area contributed by atoms with Gasteiger partial charge in [-0.2, -0.15) is 0 Å². The molecule has 0 aliphatic heterocycles. The van der Waals surface area contributed by atoms with Crippen molar-refractivity contribution in [3.8, 4) is 0 Å². The van der Waals surface area contributed by atoms with Gasteiger partial charge in [-0.1, -0.05) is 11.6 Å². The van der Waals surface area contributed by atoms with E-state index in [4.69, 9.17) is 16.7 Å². The summed E-state index contributed by atoms with van der Waals surface area (Å²) in [4.78, 5) is 6.86. The molecule has 0 aliphatic rings. The zero-order valence-electron chi connectivity index (χ0n) is 11.5. The topological polar surface area (TPSA) is 88.3 Å². The minimum Gasteiger partial charge on any atom is -0.378 e. The van der Waals surface area contributed by atoms with Gasteiger partial charge in [0, 0.05) is 25.2 Å². The van der Waals surface area contributed by atoms with Crippen LogP contribution in [0.2, 0.25) is 4.47 Å². The van der Waals surface area contributed by atoms with Gasteiger partial charge in [-0.3, -0.25) is 0 Å². The predicted molar refractivity (Wildman–Crippen MR) is 86.6 cm³/mol. The van der Waals surface area contributed by atoms with Crippen molar-refractivity contribution in [1.29, 1.82) is 0 Å². The summed E-state index contributed by atoms with van der Waals surface area (Å²) in [6.07, 6.45) is 1.68. The third-order valence-electron chi connectivity index (χ3n) is 2.76. The van der Waals surface area contributed by atoms with Crippen molar-refractivity contribution in [2.24, 2.45) is 5.14 Å². The van der Waals surface area contributed by atoms with Crippen molar-refractivity contribution in [2.75, 3.05) is 24.3 Å². The molecule has 0 spiro atoms. The van der Waals surface area contributed by atoms with Gasteiger partial charge in [0.1, 0.15) is 0 Å². The third-order valence-corrected chi connectivity index (χ3v) is 4.78. The largest absolute Gasteiger partial charge is 0.378 e. The molecule has 0 fully saturated rings. The Morgan fingerprint density at radius 3 is 2.67 bits per heavy atom. The molecule has 0 aliphatic carbocycles. The van der Waals surface area contributed by atoms with Crippen molar-refractivity contribution in [1.82, 2.24) is 4.98 Å². The maximum Gasteiger partial charge on any atom is 0.238 e. The molecule has 9 heteroatoms. The molecule has 0 radical (unpaired) electrons. The Morgan fingerprint density at radius 1 is 1.43 bits per heavy atom. The number of halogens is 1. The predicted octanol–water partition coefficient (Wildman–Crippen LogP) is 2.12. The minimum atomic E-state index is -3.74. The first kappa shape index (κ1) is 16.0. The standard InChI is InChI=1S/C12H15ClN4O2S2/c1-17(2)11-4-3-9(21(14,18)19)5-10(11)15-6-8-7-16-12(13)20-8/h3-5,7,15H,6H2,1-2H3,(H2,14,18,19). The Morgan fingerprint density at radius 2 is 2.14 bits per heavy atom. The lowest BCUT2D eigenvalue weighted by Crippen LogP contribution is -2.15. The Kier molecular flexibility index (Phi) is 4.72. The van der Waals surface area contributed by atoms with Gasteiger partial charge in [-0.15, -0.1) is 11.3 Å². The summed E-state index contributed by atoms with van der Waals surface area (Å²) < 4.78 is 23.4. The molecule has 0 saturated heterocycles. The fourth-order valence-corrected chi connectivity index (χ4v) is 3.23. The second kappa shape index (κ2) is 6.18. The molecule has 2 aromatic rings. The van der Waals surface area contributed by atoms with E-state index < -0.39 is 10.0 Å². The van der Waals surface area contributed by atoms with E-state index in [1.807, 2.05) is 19.0 Å². The number of sulfonamides is 1. The van der Waals surface area contributed by atoms with E-state index in [0.717, 1.165) is 10.6 Å². The monoisotopic (exact) mass is 346 g/mol. The van der Waals surface area contributed by atoms with Crippen LogP contribution in [0.5, 0.6) is 0 Å². The number of thiazole rings is 1. The fraction of sp³-hybridized carbons (Fsp3) is 0.250. The molecule has 2 rings (SSSR count). The summed E-state index contributed by atoms with van der Waals surface area (Å²) in [5, 5.41) is 8.35. The van der Waals surface area contributed by atoms with E-state index in [-0.39, 0.29) is 4.90 Å². The number of nitrogens with one attached hydrogen (secondary N) is 1. The van der Waals surface area contributed by atoms with Crippen LogP contribution in [0, 0.1) is 0 Å². The highest BCUT2D eigenvalue weighted by Gasteiger charge is 2.13. The van der Waals surface area contributed by atoms with Crippen LogP contribution in [-0.2, 0) is 16.6 Å². The van der Waals surface area contributed by atoms with Crippen LogP contribution in [0.3, 0.4) is 0 Å². The first-order chi connectivity index (χ1) is 9.77. The van der Waals surface area contributed by atoms with Gasteiger partial charge in [0.2, 0.25) is 10.0 Å². The van der Waals surface area contributed by atoms with E-state index >= 15 is 0 Å². The highest BCUT2D eigenvalue weighted by atomic mass is 35.5. The highest BCUT2D eigenvalue weighted by molar-refractivity contribution is 7.89. The van der Waals surface area contributed by atoms with Crippen LogP contribution in [0.4, 0.5) is 11.4 Å². The lowest BCUT2D eigenvalue weighted by Gasteiger charge is -2.19. The first-order valence-electron chi connectivity index (χ1n) is 5.95. The summed E-state index contributed by atoms with van der Waals surface area (Å²) in [7, 11) is 0.0154. The maximum atomic E-state index is 11.5. The number of benzene rings is 1. The maximum absolute atomic E-state index is 11.5. The van der Waals surface area contributed by atoms with E-state index in [2.05, 4.69) is 10.3 Å². The van der Waals surface area contributed by atoms with Gasteiger partial charge in [-0.25, -0.2) is 18.5 Å². The van der Waals surface area contributed by atoms with E-state index in [0.29, 0.717) is 16.7 Å². The second-order valence-electron chi connectivity index (χ2n) is 4.55. The molecule has 1 heterocycles. The van der Waals surface area contributed by atoms with Gasteiger partial charge in [-0.05, 0) is 18.2 Å². The molecule has 3 N–H and O–H groups in total. The molecule has 0 unspecified atom stereocenters. The number of primary sulfonamides is 1. The number of aromatic nitrogens is 1. The number of anilines is 2. The average Bonchev–Trinajstić information content (AvgIpc) is 2.80. The molecule has 1 aromatic heterocycles. The molecule has 0 saturated carbocycles. The Labute approximate surface area is 132 Å². The van der Waals surface area contributed by atoms with E-state index in [1.54, 1.807) is 12.3 Å². The molecule has 0 atom stereocenters. The van der Waals surface area contributed by atoms with Crippen molar-refractivity contribution in [2.45, 2.75) is 11.4 Å². The normalized spacial score (nSPS) is 11.4. The van der Waals surface area contributed by atoms with Crippen LogP contribution in [0.15, 0.2) is 29.3 Å². The molecule has 0 bridgehead atoms. The molecule has 6 nitrogen and oxygen atoms in total. The lowest BCUT2D eigenvalue weighted by molar-refractivity contribution is 0.598. The Balaban J connectivity index is 2.30. The Hall–Kier alpha value is -1.35. The zero-order chi connectivity index (χ0) is 15.6. The van der Waals surface area contributed by atoms with Crippen LogP contribution >= 0.6 is 22.9 Å².